The van der Waals surface area contributed by atoms with Gasteiger partial charge in [-0.05, 0) is 25.0 Å². The van der Waals surface area contributed by atoms with Gasteiger partial charge in [-0.3, -0.25) is 4.90 Å². The zero-order chi connectivity index (χ0) is 14.0. The molecular formula is C13H15F4NO. The molecule has 0 N–H and O–H groups in total. The van der Waals surface area contributed by atoms with E-state index in [2.05, 4.69) is 0 Å². The summed E-state index contributed by atoms with van der Waals surface area (Å²) in [5.41, 5.74) is 0.774. The van der Waals surface area contributed by atoms with Gasteiger partial charge in [0.2, 0.25) is 0 Å². The molecule has 1 aliphatic rings. The largest absolute Gasteiger partial charge is 0.489 e. The Balaban J connectivity index is 1.93. The minimum absolute atomic E-state index is 0.218. The number of benzene rings is 1. The van der Waals surface area contributed by atoms with E-state index in [9.17, 15) is 17.6 Å². The van der Waals surface area contributed by atoms with Crippen LogP contribution in [-0.2, 0) is 0 Å². The lowest BCUT2D eigenvalue weighted by Crippen LogP contribution is -2.33. The third-order valence-corrected chi connectivity index (χ3v) is 3.08. The van der Waals surface area contributed by atoms with E-state index >= 15 is 0 Å². The summed E-state index contributed by atoms with van der Waals surface area (Å²) in [6, 6.07) is 4.18. The van der Waals surface area contributed by atoms with Crippen LogP contribution in [0.3, 0.4) is 0 Å². The highest BCUT2D eigenvalue weighted by molar-refractivity contribution is 5.32. The smallest absolute Gasteiger partial charge is 0.401 e. The quantitative estimate of drug-likeness (QED) is 0.787. The third-order valence-electron chi connectivity index (χ3n) is 3.08. The fourth-order valence-electron chi connectivity index (χ4n) is 2.17. The van der Waals surface area contributed by atoms with Crippen LogP contribution in [-0.4, -0.2) is 36.8 Å². The van der Waals surface area contributed by atoms with Gasteiger partial charge >= 0.3 is 6.18 Å². The molecule has 0 amide bonds. The Bertz CT molecular complexity index is 447. The van der Waals surface area contributed by atoms with E-state index in [0.717, 1.165) is 5.56 Å². The summed E-state index contributed by atoms with van der Waals surface area (Å²) in [5, 5.41) is 0. The zero-order valence-corrected chi connectivity index (χ0v) is 10.5. The summed E-state index contributed by atoms with van der Waals surface area (Å²) in [6.45, 7) is 1.42. The van der Waals surface area contributed by atoms with Crippen molar-refractivity contribution >= 4 is 0 Å². The number of likely N-dealkylation sites (tertiary alicyclic amines) is 1. The monoisotopic (exact) mass is 277 g/mol. The molecule has 2 nitrogen and oxygen atoms in total. The van der Waals surface area contributed by atoms with Gasteiger partial charge in [-0.2, -0.15) is 13.2 Å². The lowest BCUT2D eigenvalue weighted by atomic mass is 10.2. The minimum Gasteiger partial charge on any atom is -0.489 e. The van der Waals surface area contributed by atoms with Crippen LogP contribution in [0.15, 0.2) is 18.2 Å². The van der Waals surface area contributed by atoms with Gasteiger partial charge in [-0.15, -0.1) is 0 Å². The summed E-state index contributed by atoms with van der Waals surface area (Å²) in [4.78, 5) is 1.30. The van der Waals surface area contributed by atoms with E-state index in [-0.39, 0.29) is 12.6 Å². The Morgan fingerprint density at radius 1 is 1.37 bits per heavy atom. The first-order chi connectivity index (χ1) is 8.83. The second kappa shape index (κ2) is 5.36. The standard InChI is InChI=1S/C13H15F4NO/c1-9-2-3-10(14)6-12(9)19-11-4-5-18(7-11)8-13(15,16)17/h2-3,6,11H,4-5,7-8H2,1H3/t11-/m1/s1. The molecule has 0 saturated carbocycles. The maximum atomic E-state index is 13.1. The summed E-state index contributed by atoms with van der Waals surface area (Å²) in [6.07, 6.45) is -3.99. The predicted octanol–water partition coefficient (Wildman–Crippen LogP) is 3.15. The van der Waals surface area contributed by atoms with Crippen LogP contribution in [0.5, 0.6) is 5.75 Å². The SMILES string of the molecule is Cc1ccc(F)cc1O[C@@H]1CCN(CC(F)(F)F)C1. The molecule has 6 heteroatoms. The number of nitrogens with zero attached hydrogens (tertiary/aromatic N) is 1. The van der Waals surface area contributed by atoms with E-state index in [1.807, 2.05) is 0 Å². The first-order valence-corrected chi connectivity index (χ1v) is 6.05. The van der Waals surface area contributed by atoms with E-state index in [1.54, 1.807) is 13.0 Å². The number of halogens is 4. The number of alkyl halides is 3. The lowest BCUT2D eigenvalue weighted by Gasteiger charge is -2.19. The van der Waals surface area contributed by atoms with Gasteiger partial charge in [0.05, 0.1) is 6.54 Å². The van der Waals surface area contributed by atoms with Crippen molar-refractivity contribution in [1.29, 1.82) is 0 Å². The molecule has 1 heterocycles. The van der Waals surface area contributed by atoms with Crippen molar-refractivity contribution in [1.82, 2.24) is 4.90 Å². The van der Waals surface area contributed by atoms with Crippen molar-refractivity contribution in [3.8, 4) is 5.75 Å². The van der Waals surface area contributed by atoms with Crippen molar-refractivity contribution < 1.29 is 22.3 Å². The summed E-state index contributed by atoms with van der Waals surface area (Å²) >= 11 is 0. The Morgan fingerprint density at radius 3 is 2.79 bits per heavy atom. The zero-order valence-electron chi connectivity index (χ0n) is 10.5. The van der Waals surface area contributed by atoms with Crippen LogP contribution in [0.1, 0.15) is 12.0 Å². The predicted molar refractivity (Wildman–Crippen MR) is 62.7 cm³/mol. The Labute approximate surface area is 109 Å². The molecule has 1 aromatic rings. The van der Waals surface area contributed by atoms with Gasteiger partial charge < -0.3 is 4.74 Å². The molecule has 0 spiro atoms. The van der Waals surface area contributed by atoms with Gasteiger partial charge in [0.25, 0.3) is 0 Å². The molecule has 0 aliphatic carbocycles. The maximum Gasteiger partial charge on any atom is 0.401 e. The Morgan fingerprint density at radius 2 is 2.11 bits per heavy atom. The van der Waals surface area contributed by atoms with E-state index in [4.69, 9.17) is 4.74 Å². The second-order valence-electron chi connectivity index (χ2n) is 4.79. The van der Waals surface area contributed by atoms with Crippen molar-refractivity contribution in [3.05, 3.63) is 29.6 Å². The maximum absolute atomic E-state index is 13.1. The molecule has 0 bridgehead atoms. The molecular weight excluding hydrogens is 262 g/mol. The van der Waals surface area contributed by atoms with Gasteiger partial charge in [0, 0.05) is 19.2 Å². The molecule has 0 unspecified atom stereocenters. The summed E-state index contributed by atoms with van der Waals surface area (Å²) in [5.74, 6) is -0.00963. The average molecular weight is 277 g/mol. The number of hydrogen-bond acceptors (Lipinski definition) is 2. The normalized spacial score (nSPS) is 20.8. The fraction of sp³-hybridized carbons (Fsp3) is 0.538. The highest BCUT2D eigenvalue weighted by Crippen LogP contribution is 2.25. The van der Waals surface area contributed by atoms with E-state index in [1.165, 1.54) is 17.0 Å². The molecule has 106 valence electrons. The molecule has 2 rings (SSSR count). The van der Waals surface area contributed by atoms with Gasteiger partial charge in [0.1, 0.15) is 17.7 Å². The van der Waals surface area contributed by atoms with Crippen LogP contribution in [0.25, 0.3) is 0 Å². The molecule has 0 radical (unpaired) electrons. The Kier molecular flexibility index (Phi) is 3.99. The average Bonchev–Trinajstić information content (AvgIpc) is 2.68. The van der Waals surface area contributed by atoms with Crippen LogP contribution in [0.2, 0.25) is 0 Å². The Hall–Kier alpha value is -1.30. The molecule has 1 saturated heterocycles. The fourth-order valence-corrected chi connectivity index (χ4v) is 2.17. The minimum atomic E-state index is -4.19. The van der Waals surface area contributed by atoms with Crippen LogP contribution in [0, 0.1) is 12.7 Å². The number of ether oxygens (including phenoxy) is 1. The molecule has 0 aromatic heterocycles. The van der Waals surface area contributed by atoms with Gasteiger partial charge in [-0.25, -0.2) is 4.39 Å². The van der Waals surface area contributed by atoms with Crippen LogP contribution < -0.4 is 4.74 Å². The topological polar surface area (TPSA) is 12.5 Å². The summed E-state index contributed by atoms with van der Waals surface area (Å²) < 4.78 is 55.4. The molecule has 1 aliphatic heterocycles. The van der Waals surface area contributed by atoms with Crippen LogP contribution in [0.4, 0.5) is 17.6 Å². The number of hydrogen-bond donors (Lipinski definition) is 0. The molecule has 1 fully saturated rings. The van der Waals surface area contributed by atoms with Crippen molar-refractivity contribution in [2.24, 2.45) is 0 Å². The summed E-state index contributed by atoms with van der Waals surface area (Å²) in [7, 11) is 0. The third kappa shape index (κ3) is 4.09. The molecule has 1 atom stereocenters. The highest BCUT2D eigenvalue weighted by atomic mass is 19.4. The van der Waals surface area contributed by atoms with Crippen molar-refractivity contribution in [2.75, 3.05) is 19.6 Å². The molecule has 1 aromatic carbocycles. The molecule has 19 heavy (non-hydrogen) atoms. The van der Waals surface area contributed by atoms with Crippen molar-refractivity contribution in [2.45, 2.75) is 25.6 Å². The van der Waals surface area contributed by atoms with Gasteiger partial charge in [-0.1, -0.05) is 6.07 Å². The number of rotatable bonds is 3. The highest BCUT2D eigenvalue weighted by Gasteiger charge is 2.35. The number of aryl methyl sites for hydroxylation is 1. The second-order valence-corrected chi connectivity index (χ2v) is 4.79. The first kappa shape index (κ1) is 14.1. The van der Waals surface area contributed by atoms with Crippen molar-refractivity contribution in [3.63, 3.8) is 0 Å². The van der Waals surface area contributed by atoms with E-state index in [0.29, 0.717) is 18.7 Å². The first-order valence-electron chi connectivity index (χ1n) is 6.05. The van der Waals surface area contributed by atoms with Gasteiger partial charge in [0.15, 0.2) is 0 Å². The van der Waals surface area contributed by atoms with Crippen LogP contribution >= 0.6 is 0 Å². The van der Waals surface area contributed by atoms with E-state index < -0.39 is 18.5 Å². The lowest BCUT2D eigenvalue weighted by molar-refractivity contribution is -0.144.